The molecule has 6 nitrogen and oxygen atoms in total. The molecular formula is C22H34O6Si. The maximum absolute atomic E-state index is 12.4. The summed E-state index contributed by atoms with van der Waals surface area (Å²) in [5.74, 6) is -0.321. The van der Waals surface area contributed by atoms with Gasteiger partial charge in [-0.3, -0.25) is 4.79 Å². The summed E-state index contributed by atoms with van der Waals surface area (Å²) in [6.45, 7) is 13.9. The van der Waals surface area contributed by atoms with Gasteiger partial charge in [0.05, 0.1) is 25.7 Å². The van der Waals surface area contributed by atoms with Crippen LogP contribution in [0.3, 0.4) is 0 Å². The average Bonchev–Trinajstić information content (AvgIpc) is 2.77. The number of fused-ring (bicyclic) bond motifs is 1. The molecule has 0 bridgehead atoms. The van der Waals surface area contributed by atoms with Crippen molar-refractivity contribution in [2.75, 3.05) is 13.2 Å². The van der Waals surface area contributed by atoms with E-state index in [4.69, 9.17) is 23.1 Å². The molecule has 0 unspecified atom stereocenters. The third-order valence-electron chi connectivity index (χ3n) is 5.48. The van der Waals surface area contributed by atoms with Crippen molar-refractivity contribution in [3.8, 4) is 0 Å². The van der Waals surface area contributed by atoms with Crippen LogP contribution in [0.15, 0.2) is 30.3 Å². The minimum Gasteiger partial charge on any atom is -0.433 e. The molecule has 0 N–H and O–H groups in total. The van der Waals surface area contributed by atoms with Crippen LogP contribution >= 0.6 is 0 Å². The van der Waals surface area contributed by atoms with Gasteiger partial charge in [0.15, 0.2) is 0 Å². The molecule has 2 heterocycles. The van der Waals surface area contributed by atoms with Crippen LogP contribution in [-0.2, 0) is 34.5 Å². The predicted molar refractivity (Wildman–Crippen MR) is 111 cm³/mol. The lowest BCUT2D eigenvalue weighted by molar-refractivity contribution is -0.209. The third kappa shape index (κ3) is 4.91. The number of esters is 1. The van der Waals surface area contributed by atoms with E-state index >= 15 is 0 Å². The Morgan fingerprint density at radius 3 is 2.31 bits per heavy atom. The Morgan fingerprint density at radius 1 is 1.03 bits per heavy atom. The van der Waals surface area contributed by atoms with Gasteiger partial charge in [-0.2, -0.15) is 0 Å². The van der Waals surface area contributed by atoms with Crippen molar-refractivity contribution in [1.82, 2.24) is 0 Å². The molecule has 1 aromatic rings. The highest BCUT2D eigenvalue weighted by Gasteiger charge is 2.62. The van der Waals surface area contributed by atoms with Gasteiger partial charge in [0.2, 0.25) is 6.29 Å². The first-order valence-corrected chi connectivity index (χ1v) is 12.1. The number of hydrogen-bond acceptors (Lipinski definition) is 6. The fraction of sp³-hybridized carbons (Fsp3) is 0.682. The number of rotatable bonds is 4. The lowest BCUT2D eigenvalue weighted by atomic mass is 10.1. The van der Waals surface area contributed by atoms with Crippen LogP contribution in [0.4, 0.5) is 0 Å². The van der Waals surface area contributed by atoms with E-state index in [1.54, 1.807) is 0 Å². The van der Waals surface area contributed by atoms with Crippen molar-refractivity contribution in [3.05, 3.63) is 35.9 Å². The van der Waals surface area contributed by atoms with E-state index in [0.717, 1.165) is 5.56 Å². The molecule has 0 amide bonds. The van der Waals surface area contributed by atoms with Crippen LogP contribution in [0.2, 0.25) is 10.1 Å². The minimum absolute atomic E-state index is 0.148. The number of benzene rings is 1. The molecule has 2 aliphatic heterocycles. The maximum Gasteiger partial charge on any atom is 0.349 e. The molecule has 0 radical (unpaired) electrons. The largest absolute Gasteiger partial charge is 0.433 e. The monoisotopic (exact) mass is 422 g/mol. The van der Waals surface area contributed by atoms with Gasteiger partial charge in [-0.15, -0.1) is 0 Å². The summed E-state index contributed by atoms with van der Waals surface area (Å²) in [6, 6.07) is 9.86. The Morgan fingerprint density at radius 2 is 1.69 bits per heavy atom. The number of hydrogen-bond donors (Lipinski definition) is 0. The maximum atomic E-state index is 12.4. The summed E-state index contributed by atoms with van der Waals surface area (Å²) < 4.78 is 30.3. The second kappa shape index (κ2) is 8.47. The van der Waals surface area contributed by atoms with Gasteiger partial charge in [0, 0.05) is 10.1 Å². The molecule has 3 rings (SSSR count). The highest BCUT2D eigenvalue weighted by atomic mass is 28.4. The number of carbonyl (C=O) groups excluding carboxylic acids is 1. The zero-order valence-corrected chi connectivity index (χ0v) is 19.4. The second-order valence-electron chi connectivity index (χ2n) is 9.88. The van der Waals surface area contributed by atoms with Crippen LogP contribution < -0.4 is 0 Å². The first-order chi connectivity index (χ1) is 13.5. The van der Waals surface area contributed by atoms with Crippen molar-refractivity contribution < 1.29 is 27.9 Å². The Kier molecular flexibility index (Phi) is 6.55. The second-order valence-corrected chi connectivity index (χ2v) is 14.6. The number of cyclic esters (lactones) is 1. The SMILES string of the molecule is CC(C)(C)[Si]1(C(C)(C)C)OC[C@H]2O[C@@H](COCc3ccccc3)OC(=O)C[C@@H]2O1. The van der Waals surface area contributed by atoms with Gasteiger partial charge in [0.1, 0.15) is 12.7 Å². The van der Waals surface area contributed by atoms with Crippen LogP contribution in [0, 0.1) is 0 Å². The quantitative estimate of drug-likeness (QED) is 0.532. The molecule has 3 atom stereocenters. The van der Waals surface area contributed by atoms with E-state index in [1.807, 2.05) is 30.3 Å². The molecule has 2 fully saturated rings. The van der Waals surface area contributed by atoms with Gasteiger partial charge >= 0.3 is 14.5 Å². The Balaban J connectivity index is 1.66. The van der Waals surface area contributed by atoms with Crippen molar-refractivity contribution in [2.45, 2.75) is 83.1 Å². The van der Waals surface area contributed by atoms with Crippen LogP contribution in [0.1, 0.15) is 53.5 Å². The highest BCUT2D eigenvalue weighted by Crippen LogP contribution is 2.54. The van der Waals surface area contributed by atoms with E-state index in [-0.39, 0.29) is 41.3 Å². The van der Waals surface area contributed by atoms with E-state index < -0.39 is 14.9 Å². The van der Waals surface area contributed by atoms with Crippen LogP contribution in [0.25, 0.3) is 0 Å². The molecule has 0 aliphatic carbocycles. The summed E-state index contributed by atoms with van der Waals surface area (Å²) in [4.78, 5) is 12.4. The van der Waals surface area contributed by atoms with E-state index in [9.17, 15) is 4.79 Å². The molecule has 29 heavy (non-hydrogen) atoms. The predicted octanol–water partition coefficient (Wildman–Crippen LogP) is 4.32. The molecule has 0 spiro atoms. The van der Waals surface area contributed by atoms with Gasteiger partial charge < -0.3 is 23.1 Å². The summed E-state index contributed by atoms with van der Waals surface area (Å²) in [6.07, 6.45) is -1.30. The first kappa shape index (κ1) is 22.4. The molecule has 162 valence electrons. The van der Waals surface area contributed by atoms with Gasteiger partial charge in [-0.25, -0.2) is 0 Å². The van der Waals surface area contributed by atoms with E-state index in [1.165, 1.54) is 0 Å². The van der Waals surface area contributed by atoms with Gasteiger partial charge in [-0.1, -0.05) is 71.9 Å². The highest BCUT2D eigenvalue weighted by molar-refractivity contribution is 6.73. The Labute approximate surface area is 175 Å². The lowest BCUT2D eigenvalue weighted by Gasteiger charge is -2.54. The van der Waals surface area contributed by atoms with Gasteiger partial charge in [-0.05, 0) is 5.56 Å². The normalized spacial score (nSPS) is 27.7. The topological polar surface area (TPSA) is 63.2 Å². The summed E-state index contributed by atoms with van der Waals surface area (Å²) >= 11 is 0. The van der Waals surface area contributed by atoms with Crippen molar-refractivity contribution in [2.24, 2.45) is 0 Å². The summed E-state index contributed by atoms with van der Waals surface area (Å²) in [5.41, 5.74) is 1.06. The third-order valence-corrected chi connectivity index (χ3v) is 10.6. The average molecular weight is 423 g/mol. The minimum atomic E-state index is -2.66. The van der Waals surface area contributed by atoms with E-state index in [0.29, 0.717) is 13.2 Å². The zero-order valence-electron chi connectivity index (χ0n) is 18.4. The van der Waals surface area contributed by atoms with Crippen LogP contribution in [0.5, 0.6) is 0 Å². The Hall–Kier alpha value is -1.25. The zero-order chi connectivity index (χ0) is 21.3. The first-order valence-electron chi connectivity index (χ1n) is 10.3. The number of ether oxygens (including phenoxy) is 3. The molecule has 7 heteroatoms. The molecule has 0 saturated carbocycles. The van der Waals surface area contributed by atoms with E-state index in [2.05, 4.69) is 41.5 Å². The molecular weight excluding hydrogens is 388 g/mol. The van der Waals surface area contributed by atoms with Crippen molar-refractivity contribution in [3.63, 3.8) is 0 Å². The molecule has 1 aromatic carbocycles. The molecule has 2 aliphatic rings. The molecule has 2 saturated heterocycles. The lowest BCUT2D eigenvalue weighted by Crippen LogP contribution is -2.65. The summed E-state index contributed by atoms with van der Waals surface area (Å²) in [7, 11) is -2.66. The number of carbonyl (C=O) groups is 1. The standard InChI is InChI=1S/C22H34O6Si/c1-21(2,3)29(22(4,5)6)25-14-18-17(28-29)12-19(23)27-20(26-18)15-24-13-16-10-8-7-9-11-16/h7-11,17-18,20H,12-15H2,1-6H3/t17-,18+,20+/m0/s1. The summed E-state index contributed by atoms with van der Waals surface area (Å²) in [5, 5.41) is -0.296. The fourth-order valence-corrected chi connectivity index (χ4v) is 9.30. The van der Waals surface area contributed by atoms with Gasteiger partial charge in [0.25, 0.3) is 0 Å². The molecule has 0 aromatic heterocycles. The van der Waals surface area contributed by atoms with Crippen LogP contribution in [-0.4, -0.2) is 46.2 Å². The fourth-order valence-electron chi connectivity index (χ4n) is 4.34. The Bertz CT molecular complexity index is 679. The van der Waals surface area contributed by atoms with Crippen molar-refractivity contribution in [1.29, 1.82) is 0 Å². The smallest absolute Gasteiger partial charge is 0.349 e. The van der Waals surface area contributed by atoms with Crippen molar-refractivity contribution >= 4 is 14.5 Å².